The summed E-state index contributed by atoms with van der Waals surface area (Å²) in [7, 11) is 0. The van der Waals surface area contributed by atoms with Gasteiger partial charge in [0, 0.05) is 25.1 Å². The van der Waals surface area contributed by atoms with Crippen molar-refractivity contribution in [3.63, 3.8) is 0 Å². The van der Waals surface area contributed by atoms with Gasteiger partial charge in [-0.1, -0.05) is 23.2 Å². The average molecular weight is 317 g/mol. The van der Waals surface area contributed by atoms with Crippen LogP contribution in [0.25, 0.3) is 0 Å². The number of hydrogen-bond acceptors (Lipinski definition) is 3. The van der Waals surface area contributed by atoms with Gasteiger partial charge in [0.2, 0.25) is 0 Å². The van der Waals surface area contributed by atoms with E-state index in [2.05, 4.69) is 4.98 Å². The first kappa shape index (κ1) is 15.1. The lowest BCUT2D eigenvalue weighted by Crippen LogP contribution is -2.28. The number of carboxylic acid groups (broad SMARTS) is 1. The number of aliphatic carboxylic acids is 1. The lowest BCUT2D eigenvalue weighted by Gasteiger charge is -2.16. The zero-order valence-corrected chi connectivity index (χ0v) is 12.2. The fourth-order valence-corrected chi connectivity index (χ4v) is 2.81. The molecule has 7 heteroatoms. The number of amides is 1. The van der Waals surface area contributed by atoms with E-state index in [1.807, 2.05) is 0 Å². The van der Waals surface area contributed by atoms with Gasteiger partial charge in [-0.15, -0.1) is 0 Å². The van der Waals surface area contributed by atoms with Crippen molar-refractivity contribution in [3.8, 4) is 0 Å². The summed E-state index contributed by atoms with van der Waals surface area (Å²) < 4.78 is 0. The van der Waals surface area contributed by atoms with E-state index in [0.29, 0.717) is 25.1 Å². The summed E-state index contributed by atoms with van der Waals surface area (Å²) in [5.74, 6) is -0.709. The van der Waals surface area contributed by atoms with Crippen LogP contribution in [0, 0.1) is 5.92 Å². The normalized spacial score (nSPS) is 18.3. The number of carboxylic acids is 1. The maximum atomic E-state index is 12.3. The molecule has 0 aliphatic carbocycles. The Labute approximate surface area is 126 Å². The van der Waals surface area contributed by atoms with E-state index in [1.165, 1.54) is 12.1 Å². The molecule has 1 atom stereocenters. The topological polar surface area (TPSA) is 70.5 Å². The smallest absolute Gasteiger partial charge is 0.303 e. The predicted octanol–water partition coefficient (Wildman–Crippen LogP) is 2.72. The molecular weight excluding hydrogens is 303 g/mol. The fourth-order valence-electron chi connectivity index (χ4n) is 2.35. The molecule has 1 amide bonds. The number of carbonyl (C=O) groups excluding carboxylic acids is 1. The monoisotopic (exact) mass is 316 g/mol. The quantitative estimate of drug-likeness (QED) is 0.867. The third-order valence-electron chi connectivity index (χ3n) is 3.35. The summed E-state index contributed by atoms with van der Waals surface area (Å²) in [5.41, 5.74) is 0.411. The molecule has 1 fully saturated rings. The highest BCUT2D eigenvalue weighted by atomic mass is 35.5. The SMILES string of the molecule is O=C(O)CCC1CCN(C(=O)c2cc(Cl)nc(Cl)c2)C1. The van der Waals surface area contributed by atoms with Crippen LogP contribution in [0.15, 0.2) is 12.1 Å². The number of halogens is 2. The molecule has 0 spiro atoms. The lowest BCUT2D eigenvalue weighted by atomic mass is 10.0. The van der Waals surface area contributed by atoms with Crippen molar-refractivity contribution >= 4 is 35.1 Å². The van der Waals surface area contributed by atoms with Crippen molar-refractivity contribution in [2.75, 3.05) is 13.1 Å². The Morgan fingerprint density at radius 3 is 2.60 bits per heavy atom. The van der Waals surface area contributed by atoms with Crippen molar-refractivity contribution in [3.05, 3.63) is 28.0 Å². The molecule has 108 valence electrons. The van der Waals surface area contributed by atoms with Crippen LogP contribution in [0.3, 0.4) is 0 Å². The molecule has 1 aliphatic heterocycles. The number of pyridine rings is 1. The summed E-state index contributed by atoms with van der Waals surface area (Å²) in [6.45, 7) is 1.20. The molecule has 0 radical (unpaired) electrons. The van der Waals surface area contributed by atoms with Gasteiger partial charge in [0.05, 0.1) is 0 Å². The molecule has 1 aromatic heterocycles. The van der Waals surface area contributed by atoms with Gasteiger partial charge in [0.25, 0.3) is 5.91 Å². The average Bonchev–Trinajstić information content (AvgIpc) is 2.83. The highest BCUT2D eigenvalue weighted by Gasteiger charge is 2.27. The fraction of sp³-hybridized carbons (Fsp3) is 0.462. The minimum absolute atomic E-state index is 0.139. The van der Waals surface area contributed by atoms with Gasteiger partial charge in [-0.2, -0.15) is 0 Å². The standard InChI is InChI=1S/C13H14Cl2N2O3/c14-10-5-9(6-11(15)16-10)13(20)17-4-3-8(7-17)1-2-12(18)19/h5-6,8H,1-4,7H2,(H,18,19). The van der Waals surface area contributed by atoms with Crippen molar-refractivity contribution < 1.29 is 14.7 Å². The van der Waals surface area contributed by atoms with Crippen LogP contribution in [-0.2, 0) is 4.79 Å². The maximum absolute atomic E-state index is 12.3. The third-order valence-corrected chi connectivity index (χ3v) is 3.74. The van der Waals surface area contributed by atoms with Crippen LogP contribution >= 0.6 is 23.2 Å². The first-order valence-electron chi connectivity index (χ1n) is 6.30. The van der Waals surface area contributed by atoms with Crippen LogP contribution < -0.4 is 0 Å². The van der Waals surface area contributed by atoms with E-state index in [1.54, 1.807) is 4.90 Å². The second-order valence-corrected chi connectivity index (χ2v) is 5.61. The first-order chi connectivity index (χ1) is 9.45. The van der Waals surface area contributed by atoms with Gasteiger partial charge < -0.3 is 10.0 Å². The highest BCUT2D eigenvalue weighted by molar-refractivity contribution is 6.33. The maximum Gasteiger partial charge on any atom is 0.303 e. The summed E-state index contributed by atoms with van der Waals surface area (Å²) in [6.07, 6.45) is 1.56. The number of nitrogens with zero attached hydrogens (tertiary/aromatic N) is 2. The van der Waals surface area contributed by atoms with Crippen molar-refractivity contribution in [2.45, 2.75) is 19.3 Å². The van der Waals surface area contributed by atoms with E-state index >= 15 is 0 Å². The summed E-state index contributed by atoms with van der Waals surface area (Å²) in [6, 6.07) is 2.97. The van der Waals surface area contributed by atoms with Crippen LogP contribution in [0.2, 0.25) is 10.3 Å². The van der Waals surface area contributed by atoms with Crippen LogP contribution in [0.1, 0.15) is 29.6 Å². The molecule has 0 saturated carbocycles. The Kier molecular flexibility index (Phi) is 4.83. The molecule has 1 aliphatic rings. The summed E-state index contributed by atoms with van der Waals surface area (Å²) in [5, 5.41) is 9.04. The van der Waals surface area contributed by atoms with Gasteiger partial charge in [0.15, 0.2) is 0 Å². The number of likely N-dealkylation sites (tertiary alicyclic amines) is 1. The molecule has 0 aromatic carbocycles. The number of aromatic nitrogens is 1. The predicted molar refractivity (Wildman–Crippen MR) is 75.1 cm³/mol. The van der Waals surface area contributed by atoms with E-state index < -0.39 is 5.97 Å². The molecule has 0 bridgehead atoms. The highest BCUT2D eigenvalue weighted by Crippen LogP contribution is 2.24. The van der Waals surface area contributed by atoms with Gasteiger partial charge >= 0.3 is 5.97 Å². The molecule has 5 nitrogen and oxygen atoms in total. The van der Waals surface area contributed by atoms with Crippen molar-refractivity contribution in [1.29, 1.82) is 0 Å². The van der Waals surface area contributed by atoms with Gasteiger partial charge in [-0.3, -0.25) is 9.59 Å². The number of rotatable bonds is 4. The largest absolute Gasteiger partial charge is 0.481 e. The van der Waals surface area contributed by atoms with Crippen LogP contribution in [0.5, 0.6) is 0 Å². The Morgan fingerprint density at radius 2 is 2.00 bits per heavy atom. The van der Waals surface area contributed by atoms with Crippen LogP contribution in [-0.4, -0.2) is 40.0 Å². The molecule has 2 rings (SSSR count). The summed E-state index contributed by atoms with van der Waals surface area (Å²) >= 11 is 11.6. The molecule has 2 heterocycles. The van der Waals surface area contributed by atoms with E-state index in [4.69, 9.17) is 28.3 Å². The molecule has 1 unspecified atom stereocenters. The molecular formula is C13H14Cl2N2O3. The number of hydrogen-bond donors (Lipinski definition) is 1. The molecule has 1 N–H and O–H groups in total. The molecule has 20 heavy (non-hydrogen) atoms. The lowest BCUT2D eigenvalue weighted by molar-refractivity contribution is -0.137. The van der Waals surface area contributed by atoms with Crippen molar-refractivity contribution in [2.24, 2.45) is 5.92 Å². The second kappa shape index (κ2) is 6.41. The Hall–Kier alpha value is -1.33. The zero-order valence-electron chi connectivity index (χ0n) is 10.7. The summed E-state index contributed by atoms with van der Waals surface area (Å²) in [4.78, 5) is 28.4. The van der Waals surface area contributed by atoms with Gasteiger partial charge in [-0.25, -0.2) is 4.98 Å². The Morgan fingerprint density at radius 1 is 1.35 bits per heavy atom. The minimum Gasteiger partial charge on any atom is -0.481 e. The molecule has 1 saturated heterocycles. The zero-order chi connectivity index (χ0) is 14.7. The van der Waals surface area contributed by atoms with E-state index in [-0.39, 0.29) is 28.6 Å². The van der Waals surface area contributed by atoms with Crippen LogP contribution in [0.4, 0.5) is 0 Å². The Bertz CT molecular complexity index is 516. The first-order valence-corrected chi connectivity index (χ1v) is 7.05. The minimum atomic E-state index is -0.803. The Balaban J connectivity index is 1.98. The molecule has 1 aromatic rings. The van der Waals surface area contributed by atoms with Crippen molar-refractivity contribution in [1.82, 2.24) is 9.88 Å². The van der Waals surface area contributed by atoms with Gasteiger partial charge in [0.1, 0.15) is 10.3 Å². The number of carbonyl (C=O) groups is 2. The van der Waals surface area contributed by atoms with E-state index in [9.17, 15) is 9.59 Å². The third kappa shape index (κ3) is 3.84. The van der Waals surface area contributed by atoms with E-state index in [0.717, 1.165) is 6.42 Å². The van der Waals surface area contributed by atoms with Gasteiger partial charge in [-0.05, 0) is 30.9 Å². The second-order valence-electron chi connectivity index (χ2n) is 4.84.